The second-order valence-electron chi connectivity index (χ2n) is 3.61. The van der Waals surface area contributed by atoms with E-state index in [0.29, 0.717) is 14.7 Å². The van der Waals surface area contributed by atoms with Crippen LogP contribution >= 0.6 is 22.6 Å². The van der Waals surface area contributed by atoms with Gasteiger partial charge in [0.2, 0.25) is 0 Å². The van der Waals surface area contributed by atoms with Gasteiger partial charge in [-0.25, -0.2) is 4.39 Å². The Kier molecular flexibility index (Phi) is 3.82. The monoisotopic (exact) mass is 353 g/mol. The molecule has 0 bridgehead atoms. The Morgan fingerprint density at radius 3 is 2.50 bits per heavy atom. The summed E-state index contributed by atoms with van der Waals surface area (Å²) in [5.41, 5.74) is 1.49. The lowest BCUT2D eigenvalue weighted by atomic mass is 10.0. The average molecular weight is 353 g/mol. The van der Waals surface area contributed by atoms with E-state index in [1.54, 1.807) is 0 Å². The largest absolute Gasteiger partial charge is 0.494 e. The standard InChI is InChI=1S/C14H9FINO/c1-18-14-10(8-17)7-11(12(15)13(14)16)9-5-3-2-4-6-9/h2-7H,1H3. The van der Waals surface area contributed by atoms with Crippen LogP contribution in [-0.4, -0.2) is 7.11 Å². The van der Waals surface area contributed by atoms with Gasteiger partial charge < -0.3 is 4.74 Å². The van der Waals surface area contributed by atoms with E-state index in [1.165, 1.54) is 13.2 Å². The van der Waals surface area contributed by atoms with E-state index >= 15 is 0 Å². The van der Waals surface area contributed by atoms with Gasteiger partial charge in [0.05, 0.1) is 16.2 Å². The fourth-order valence-electron chi connectivity index (χ4n) is 1.72. The molecule has 0 radical (unpaired) electrons. The Balaban J connectivity index is 2.72. The molecular weight excluding hydrogens is 344 g/mol. The van der Waals surface area contributed by atoms with Crippen LogP contribution < -0.4 is 4.74 Å². The first kappa shape index (κ1) is 12.8. The molecule has 0 heterocycles. The molecule has 0 saturated heterocycles. The molecule has 0 aliphatic carbocycles. The summed E-state index contributed by atoms with van der Waals surface area (Å²) >= 11 is 1.86. The molecule has 0 unspecified atom stereocenters. The van der Waals surface area contributed by atoms with Gasteiger partial charge >= 0.3 is 0 Å². The van der Waals surface area contributed by atoms with Gasteiger partial charge in [-0.05, 0) is 34.2 Å². The van der Waals surface area contributed by atoms with Crippen LogP contribution in [0.25, 0.3) is 11.1 Å². The second kappa shape index (κ2) is 5.36. The molecule has 2 aromatic carbocycles. The number of nitrogens with zero attached hydrogens (tertiary/aromatic N) is 1. The number of nitriles is 1. The lowest BCUT2D eigenvalue weighted by Crippen LogP contribution is -1.97. The van der Waals surface area contributed by atoms with Crippen molar-refractivity contribution in [2.45, 2.75) is 0 Å². The van der Waals surface area contributed by atoms with Crippen molar-refractivity contribution in [2.75, 3.05) is 7.11 Å². The lowest BCUT2D eigenvalue weighted by Gasteiger charge is -2.11. The molecule has 2 aromatic rings. The summed E-state index contributed by atoms with van der Waals surface area (Å²) in [5, 5.41) is 9.08. The summed E-state index contributed by atoms with van der Waals surface area (Å²) in [7, 11) is 1.43. The van der Waals surface area contributed by atoms with E-state index in [9.17, 15) is 4.39 Å². The number of ether oxygens (including phenoxy) is 1. The van der Waals surface area contributed by atoms with Crippen LogP contribution in [0.4, 0.5) is 4.39 Å². The van der Waals surface area contributed by atoms with Crippen molar-refractivity contribution in [3.05, 3.63) is 51.3 Å². The van der Waals surface area contributed by atoms with Gasteiger partial charge in [-0.15, -0.1) is 0 Å². The number of rotatable bonds is 2. The fraction of sp³-hybridized carbons (Fsp3) is 0.0714. The maximum atomic E-state index is 14.3. The first-order valence-corrected chi connectivity index (χ1v) is 6.28. The van der Waals surface area contributed by atoms with E-state index in [0.717, 1.165) is 5.56 Å². The maximum Gasteiger partial charge on any atom is 0.152 e. The van der Waals surface area contributed by atoms with E-state index in [-0.39, 0.29) is 11.6 Å². The molecule has 4 heteroatoms. The molecule has 90 valence electrons. The Morgan fingerprint density at radius 2 is 1.94 bits per heavy atom. The Morgan fingerprint density at radius 1 is 1.28 bits per heavy atom. The van der Waals surface area contributed by atoms with E-state index in [4.69, 9.17) is 10.00 Å². The number of hydrogen-bond acceptors (Lipinski definition) is 2. The predicted octanol–water partition coefficient (Wildman–Crippen LogP) is 3.98. The third-order valence-corrected chi connectivity index (χ3v) is 3.53. The second-order valence-corrected chi connectivity index (χ2v) is 4.69. The average Bonchev–Trinajstić information content (AvgIpc) is 2.42. The molecule has 0 fully saturated rings. The fourth-order valence-corrected chi connectivity index (χ4v) is 2.52. The third kappa shape index (κ3) is 2.18. The van der Waals surface area contributed by atoms with Crippen LogP contribution in [0.3, 0.4) is 0 Å². The summed E-state index contributed by atoms with van der Waals surface area (Å²) in [4.78, 5) is 0. The molecule has 2 nitrogen and oxygen atoms in total. The number of halogens is 2. The van der Waals surface area contributed by atoms with Crippen LogP contribution in [0.15, 0.2) is 36.4 Å². The third-order valence-electron chi connectivity index (χ3n) is 2.57. The van der Waals surface area contributed by atoms with Gasteiger partial charge in [0, 0.05) is 5.56 Å². The summed E-state index contributed by atoms with van der Waals surface area (Å²) in [6.07, 6.45) is 0. The Labute approximate surface area is 118 Å². The topological polar surface area (TPSA) is 33.0 Å². The van der Waals surface area contributed by atoms with Crippen molar-refractivity contribution in [1.82, 2.24) is 0 Å². The van der Waals surface area contributed by atoms with Crippen LogP contribution in [0, 0.1) is 20.7 Å². The number of hydrogen-bond donors (Lipinski definition) is 0. The molecule has 0 amide bonds. The molecular formula is C14H9FINO. The van der Waals surface area contributed by atoms with Crippen LogP contribution in [0.5, 0.6) is 5.75 Å². The first-order chi connectivity index (χ1) is 8.69. The maximum absolute atomic E-state index is 14.3. The van der Waals surface area contributed by atoms with Crippen LogP contribution in [0.2, 0.25) is 0 Å². The van der Waals surface area contributed by atoms with Crippen molar-refractivity contribution in [1.29, 1.82) is 5.26 Å². The zero-order chi connectivity index (χ0) is 13.1. The summed E-state index contributed by atoms with van der Waals surface area (Å²) in [6.45, 7) is 0. The summed E-state index contributed by atoms with van der Waals surface area (Å²) < 4.78 is 19.6. The Hall–Kier alpha value is -1.61. The molecule has 0 aliphatic rings. The van der Waals surface area contributed by atoms with Gasteiger partial charge in [-0.3, -0.25) is 0 Å². The minimum Gasteiger partial charge on any atom is -0.494 e. The smallest absolute Gasteiger partial charge is 0.152 e. The van der Waals surface area contributed by atoms with Crippen LogP contribution in [-0.2, 0) is 0 Å². The zero-order valence-corrected chi connectivity index (χ0v) is 11.7. The normalized spacial score (nSPS) is 9.89. The minimum atomic E-state index is -0.363. The van der Waals surface area contributed by atoms with Crippen molar-refractivity contribution >= 4 is 22.6 Å². The highest BCUT2D eigenvalue weighted by molar-refractivity contribution is 14.1. The molecule has 0 spiro atoms. The van der Waals surface area contributed by atoms with Crippen molar-refractivity contribution in [2.24, 2.45) is 0 Å². The lowest BCUT2D eigenvalue weighted by molar-refractivity contribution is 0.406. The quantitative estimate of drug-likeness (QED) is 0.766. The van der Waals surface area contributed by atoms with Gasteiger partial charge in [0.25, 0.3) is 0 Å². The number of methoxy groups -OCH3 is 1. The van der Waals surface area contributed by atoms with Crippen molar-refractivity contribution in [3.63, 3.8) is 0 Å². The Bertz CT molecular complexity index is 620. The molecule has 0 atom stereocenters. The summed E-state index contributed by atoms with van der Waals surface area (Å²) in [6, 6.07) is 12.7. The highest BCUT2D eigenvalue weighted by Gasteiger charge is 2.17. The molecule has 0 saturated carbocycles. The minimum absolute atomic E-state index is 0.287. The van der Waals surface area contributed by atoms with E-state index in [1.807, 2.05) is 59.0 Å². The molecule has 0 N–H and O–H groups in total. The van der Waals surface area contributed by atoms with Crippen molar-refractivity contribution in [3.8, 4) is 22.9 Å². The van der Waals surface area contributed by atoms with Crippen LogP contribution in [0.1, 0.15) is 5.56 Å². The van der Waals surface area contributed by atoms with E-state index < -0.39 is 0 Å². The number of benzene rings is 2. The molecule has 18 heavy (non-hydrogen) atoms. The van der Waals surface area contributed by atoms with E-state index in [2.05, 4.69) is 0 Å². The van der Waals surface area contributed by atoms with Gasteiger partial charge in [-0.1, -0.05) is 30.3 Å². The van der Waals surface area contributed by atoms with Gasteiger partial charge in [0.1, 0.15) is 11.9 Å². The molecule has 0 aliphatic heterocycles. The molecule has 2 rings (SSSR count). The van der Waals surface area contributed by atoms with Crippen molar-refractivity contribution < 1.29 is 9.13 Å². The highest BCUT2D eigenvalue weighted by atomic mass is 127. The predicted molar refractivity (Wildman–Crippen MR) is 75.8 cm³/mol. The van der Waals surface area contributed by atoms with Gasteiger partial charge in [0.15, 0.2) is 5.75 Å². The highest BCUT2D eigenvalue weighted by Crippen LogP contribution is 2.34. The first-order valence-electron chi connectivity index (χ1n) is 5.20. The molecule has 0 aromatic heterocycles. The SMILES string of the molecule is COc1c(C#N)cc(-c2ccccc2)c(F)c1I. The zero-order valence-electron chi connectivity index (χ0n) is 9.58. The van der Waals surface area contributed by atoms with Gasteiger partial charge in [-0.2, -0.15) is 5.26 Å². The summed E-state index contributed by atoms with van der Waals surface area (Å²) in [5.74, 6) is -0.0760.